The van der Waals surface area contributed by atoms with Crippen molar-refractivity contribution in [2.45, 2.75) is 25.9 Å². The van der Waals surface area contributed by atoms with Crippen molar-refractivity contribution < 1.29 is 14.3 Å². The van der Waals surface area contributed by atoms with Gasteiger partial charge in [-0.05, 0) is 37.5 Å². The highest BCUT2D eigenvalue weighted by Gasteiger charge is 2.30. The van der Waals surface area contributed by atoms with Gasteiger partial charge in [0, 0.05) is 39.8 Å². The van der Waals surface area contributed by atoms with Crippen LogP contribution in [0.2, 0.25) is 0 Å². The fourth-order valence-electron chi connectivity index (χ4n) is 3.48. The molecule has 0 bridgehead atoms. The van der Waals surface area contributed by atoms with E-state index in [1.54, 1.807) is 7.05 Å². The van der Waals surface area contributed by atoms with Crippen molar-refractivity contribution in [1.29, 1.82) is 0 Å². The molecule has 1 aromatic rings. The Bertz CT molecular complexity index is 657. The van der Waals surface area contributed by atoms with Crippen molar-refractivity contribution in [1.82, 2.24) is 15.1 Å². The predicted octanol–water partition coefficient (Wildman–Crippen LogP) is 1.89. The Hall–Kier alpha value is -1.55. The minimum Gasteiger partial charge on any atom is -0.492 e. The van der Waals surface area contributed by atoms with Gasteiger partial charge in [-0.15, -0.1) is 24.0 Å². The number of guanidine groups is 1. The van der Waals surface area contributed by atoms with Gasteiger partial charge in [-0.25, -0.2) is 0 Å². The van der Waals surface area contributed by atoms with E-state index in [4.69, 9.17) is 9.47 Å². The van der Waals surface area contributed by atoms with Crippen molar-refractivity contribution in [2.24, 2.45) is 4.99 Å². The third-order valence-electron chi connectivity index (χ3n) is 4.95. The van der Waals surface area contributed by atoms with Crippen LogP contribution in [0, 0.1) is 6.92 Å². The number of hydrogen-bond acceptors (Lipinski definition) is 4. The number of aliphatic imine (C=N–C) groups is 1. The molecule has 2 aliphatic rings. The van der Waals surface area contributed by atoms with E-state index < -0.39 is 0 Å². The summed E-state index contributed by atoms with van der Waals surface area (Å²) in [5, 5.41) is 3.35. The SMILES string of the molecule is CN=C(NCCOc1cccc(C)c1)N1CCN(C(=O)C2CCCO2)CC1.I. The van der Waals surface area contributed by atoms with Crippen LogP contribution in [0.15, 0.2) is 29.3 Å². The smallest absolute Gasteiger partial charge is 0.251 e. The minimum atomic E-state index is -0.229. The number of nitrogens with one attached hydrogen (secondary N) is 1. The van der Waals surface area contributed by atoms with Crippen LogP contribution >= 0.6 is 24.0 Å². The number of rotatable bonds is 5. The number of benzene rings is 1. The van der Waals surface area contributed by atoms with Crippen molar-refractivity contribution in [3.8, 4) is 5.75 Å². The quantitative estimate of drug-likeness (QED) is 0.289. The molecular weight excluding hydrogens is 471 g/mol. The summed E-state index contributed by atoms with van der Waals surface area (Å²) in [4.78, 5) is 20.9. The van der Waals surface area contributed by atoms with Crippen LogP contribution in [0.3, 0.4) is 0 Å². The highest BCUT2D eigenvalue weighted by molar-refractivity contribution is 14.0. The maximum atomic E-state index is 12.4. The second-order valence-corrected chi connectivity index (χ2v) is 6.95. The Morgan fingerprint density at radius 1 is 1.29 bits per heavy atom. The first-order valence-electron chi connectivity index (χ1n) is 9.73. The number of amides is 1. The minimum absolute atomic E-state index is 0. The molecule has 0 radical (unpaired) electrons. The molecular formula is C20H31IN4O3. The van der Waals surface area contributed by atoms with E-state index in [0.717, 1.165) is 37.6 Å². The van der Waals surface area contributed by atoms with Crippen molar-refractivity contribution in [2.75, 3.05) is 53.0 Å². The summed E-state index contributed by atoms with van der Waals surface area (Å²) >= 11 is 0. The molecule has 0 spiro atoms. The third-order valence-corrected chi connectivity index (χ3v) is 4.95. The molecule has 2 saturated heterocycles. The Labute approximate surface area is 184 Å². The summed E-state index contributed by atoms with van der Waals surface area (Å²) in [6.45, 7) is 6.97. The van der Waals surface area contributed by atoms with Crippen LogP contribution in [0.4, 0.5) is 0 Å². The molecule has 1 atom stereocenters. The van der Waals surface area contributed by atoms with Crippen LogP contribution in [-0.4, -0.2) is 80.8 Å². The molecule has 0 saturated carbocycles. The normalized spacial score (nSPS) is 19.9. The van der Waals surface area contributed by atoms with E-state index in [2.05, 4.69) is 28.2 Å². The van der Waals surface area contributed by atoms with Crippen LogP contribution in [0.1, 0.15) is 18.4 Å². The Morgan fingerprint density at radius 2 is 2.04 bits per heavy atom. The zero-order chi connectivity index (χ0) is 19.1. The fourth-order valence-corrected chi connectivity index (χ4v) is 3.48. The fraction of sp³-hybridized carbons (Fsp3) is 0.600. The molecule has 2 fully saturated rings. The zero-order valence-corrected chi connectivity index (χ0v) is 19.1. The van der Waals surface area contributed by atoms with E-state index in [1.165, 1.54) is 5.56 Å². The third kappa shape index (κ3) is 6.23. The lowest BCUT2D eigenvalue weighted by Crippen LogP contribution is -2.55. The van der Waals surface area contributed by atoms with Gasteiger partial charge in [0.25, 0.3) is 5.91 Å². The number of ether oxygens (including phenoxy) is 2. The number of halogens is 1. The average molecular weight is 502 g/mol. The van der Waals surface area contributed by atoms with Gasteiger partial charge < -0.3 is 24.6 Å². The average Bonchev–Trinajstić information content (AvgIpc) is 3.23. The topological polar surface area (TPSA) is 66.4 Å². The molecule has 3 rings (SSSR count). The van der Waals surface area contributed by atoms with Crippen LogP contribution in [0.25, 0.3) is 0 Å². The summed E-state index contributed by atoms with van der Waals surface area (Å²) in [5.41, 5.74) is 1.19. The zero-order valence-electron chi connectivity index (χ0n) is 16.7. The first-order valence-corrected chi connectivity index (χ1v) is 9.73. The standard InChI is InChI=1S/C20H30N4O3.HI/c1-16-5-3-6-17(15-16)26-14-8-22-20(21-2)24-11-9-23(10-12-24)19(25)18-7-4-13-27-18;/h3,5-6,15,18H,4,7-14H2,1-2H3,(H,21,22);1H. The summed E-state index contributed by atoms with van der Waals surface area (Å²) in [6.07, 6.45) is 1.61. The van der Waals surface area contributed by atoms with E-state index in [-0.39, 0.29) is 36.0 Å². The van der Waals surface area contributed by atoms with Gasteiger partial charge in [-0.2, -0.15) is 0 Å². The van der Waals surface area contributed by atoms with Gasteiger partial charge in [0.1, 0.15) is 18.5 Å². The van der Waals surface area contributed by atoms with Gasteiger partial charge in [0.15, 0.2) is 5.96 Å². The lowest BCUT2D eigenvalue weighted by atomic mass is 10.2. The summed E-state index contributed by atoms with van der Waals surface area (Å²) in [7, 11) is 1.79. The monoisotopic (exact) mass is 502 g/mol. The van der Waals surface area contributed by atoms with E-state index >= 15 is 0 Å². The molecule has 1 unspecified atom stereocenters. The van der Waals surface area contributed by atoms with Gasteiger partial charge in [0.05, 0.1) is 6.54 Å². The predicted molar refractivity (Wildman–Crippen MR) is 121 cm³/mol. The first kappa shape index (κ1) is 22.7. The molecule has 1 aromatic carbocycles. The lowest BCUT2D eigenvalue weighted by molar-refractivity contribution is -0.142. The van der Waals surface area contributed by atoms with Crippen LogP contribution in [0.5, 0.6) is 5.75 Å². The van der Waals surface area contributed by atoms with Crippen molar-refractivity contribution in [3.05, 3.63) is 29.8 Å². The number of piperazine rings is 1. The van der Waals surface area contributed by atoms with Gasteiger partial charge in [0.2, 0.25) is 0 Å². The van der Waals surface area contributed by atoms with Crippen molar-refractivity contribution in [3.63, 3.8) is 0 Å². The molecule has 156 valence electrons. The van der Waals surface area contributed by atoms with E-state index in [1.807, 2.05) is 23.1 Å². The Balaban J connectivity index is 0.00000280. The number of nitrogens with zero attached hydrogens (tertiary/aromatic N) is 3. The lowest BCUT2D eigenvalue weighted by Gasteiger charge is -2.37. The molecule has 1 N–H and O–H groups in total. The van der Waals surface area contributed by atoms with Gasteiger partial charge in [-0.1, -0.05) is 12.1 Å². The molecule has 2 heterocycles. The van der Waals surface area contributed by atoms with Crippen LogP contribution < -0.4 is 10.1 Å². The second-order valence-electron chi connectivity index (χ2n) is 6.95. The maximum absolute atomic E-state index is 12.4. The van der Waals surface area contributed by atoms with E-state index in [0.29, 0.717) is 32.8 Å². The summed E-state index contributed by atoms with van der Waals surface area (Å²) in [6, 6.07) is 8.04. The summed E-state index contributed by atoms with van der Waals surface area (Å²) in [5.74, 6) is 1.88. The Morgan fingerprint density at radius 3 is 2.68 bits per heavy atom. The highest BCUT2D eigenvalue weighted by atomic mass is 127. The molecule has 0 aromatic heterocycles. The number of carbonyl (C=O) groups is 1. The second kappa shape index (κ2) is 11.5. The molecule has 28 heavy (non-hydrogen) atoms. The molecule has 0 aliphatic carbocycles. The van der Waals surface area contributed by atoms with Crippen molar-refractivity contribution >= 4 is 35.8 Å². The number of aryl methyl sites for hydroxylation is 1. The van der Waals surface area contributed by atoms with Gasteiger partial charge in [-0.3, -0.25) is 9.79 Å². The number of hydrogen-bond donors (Lipinski definition) is 1. The largest absolute Gasteiger partial charge is 0.492 e. The summed E-state index contributed by atoms with van der Waals surface area (Å²) < 4.78 is 11.3. The molecule has 2 aliphatic heterocycles. The molecule has 1 amide bonds. The Kier molecular flexibility index (Phi) is 9.30. The highest BCUT2D eigenvalue weighted by Crippen LogP contribution is 2.16. The number of carbonyl (C=O) groups excluding carboxylic acids is 1. The van der Waals surface area contributed by atoms with Crippen LogP contribution in [-0.2, 0) is 9.53 Å². The first-order chi connectivity index (χ1) is 13.2. The maximum Gasteiger partial charge on any atom is 0.251 e. The molecule has 7 nitrogen and oxygen atoms in total. The van der Waals surface area contributed by atoms with E-state index in [9.17, 15) is 4.79 Å². The van der Waals surface area contributed by atoms with Gasteiger partial charge >= 0.3 is 0 Å². The molecule has 8 heteroatoms.